The van der Waals surface area contributed by atoms with Gasteiger partial charge < -0.3 is 10.6 Å². The van der Waals surface area contributed by atoms with Crippen LogP contribution in [0.2, 0.25) is 0 Å². The van der Waals surface area contributed by atoms with E-state index in [1.807, 2.05) is 0 Å². The van der Waals surface area contributed by atoms with Gasteiger partial charge in [-0.3, -0.25) is 0 Å². The number of nitrogens with two attached hydrogens (primary N) is 1. The minimum Gasteiger partial charge on any atom is -0.369 e. The van der Waals surface area contributed by atoms with Gasteiger partial charge >= 0.3 is 0 Å². The topological polar surface area (TPSA) is 29.3 Å². The molecule has 1 heterocycles. The van der Waals surface area contributed by atoms with E-state index in [1.54, 1.807) is 0 Å². The summed E-state index contributed by atoms with van der Waals surface area (Å²) in [4.78, 5) is 2.47. The Labute approximate surface area is 102 Å². The van der Waals surface area contributed by atoms with Gasteiger partial charge in [-0.1, -0.05) is 25.1 Å². The van der Waals surface area contributed by atoms with E-state index in [1.165, 1.54) is 17.0 Å². The Morgan fingerprint density at radius 1 is 1.44 bits per heavy atom. The highest BCUT2D eigenvalue weighted by Gasteiger charge is 2.19. The second kappa shape index (κ2) is 5.11. The third-order valence-electron chi connectivity index (χ3n) is 3.01. The molecule has 16 heavy (non-hydrogen) atoms. The summed E-state index contributed by atoms with van der Waals surface area (Å²) < 4.78 is 0. The zero-order chi connectivity index (χ0) is 11.5. The van der Waals surface area contributed by atoms with Gasteiger partial charge in [0.2, 0.25) is 0 Å². The fourth-order valence-corrected chi connectivity index (χ4v) is 3.21. The molecule has 2 rings (SSSR count). The lowest BCUT2D eigenvalue weighted by molar-refractivity contribution is 0.755. The Kier molecular flexibility index (Phi) is 3.77. The first-order valence-electron chi connectivity index (χ1n) is 5.89. The summed E-state index contributed by atoms with van der Waals surface area (Å²) in [7, 11) is 0. The molecule has 0 saturated carbocycles. The van der Waals surface area contributed by atoms with E-state index >= 15 is 0 Å². The number of thioether (sulfide) groups is 1. The minimum atomic E-state index is 0.112. The number of hydrogen-bond donors (Lipinski definition) is 1. The first-order valence-corrected chi connectivity index (χ1v) is 6.94. The average Bonchev–Trinajstić information content (AvgIpc) is 2.29. The highest BCUT2D eigenvalue weighted by Crippen LogP contribution is 2.29. The molecule has 1 fully saturated rings. The molecule has 2 nitrogen and oxygen atoms in total. The Bertz CT molecular complexity index is 352. The number of hydrogen-bond acceptors (Lipinski definition) is 3. The summed E-state index contributed by atoms with van der Waals surface area (Å²) in [6.07, 6.45) is 0. The molecule has 0 radical (unpaired) electrons. The van der Waals surface area contributed by atoms with Crippen LogP contribution < -0.4 is 10.6 Å². The molecule has 0 spiro atoms. The SMILES string of the molecule is CC1CN(c2ccccc2C(C)N)CCS1. The number of anilines is 1. The van der Waals surface area contributed by atoms with Crippen LogP contribution in [0.5, 0.6) is 0 Å². The molecule has 1 saturated heterocycles. The van der Waals surface area contributed by atoms with E-state index in [2.05, 4.69) is 54.8 Å². The van der Waals surface area contributed by atoms with Gasteiger partial charge in [0.15, 0.2) is 0 Å². The zero-order valence-corrected chi connectivity index (χ0v) is 10.8. The maximum Gasteiger partial charge on any atom is 0.0415 e. The van der Waals surface area contributed by atoms with Crippen LogP contribution in [0.25, 0.3) is 0 Å². The molecule has 3 heteroatoms. The Morgan fingerprint density at radius 2 is 2.19 bits per heavy atom. The van der Waals surface area contributed by atoms with Crippen molar-refractivity contribution < 1.29 is 0 Å². The Morgan fingerprint density at radius 3 is 2.88 bits per heavy atom. The number of rotatable bonds is 2. The second-order valence-electron chi connectivity index (χ2n) is 4.47. The lowest BCUT2D eigenvalue weighted by Crippen LogP contribution is -2.37. The number of nitrogens with zero attached hydrogens (tertiary/aromatic N) is 1. The molecular weight excluding hydrogens is 216 g/mol. The zero-order valence-electron chi connectivity index (χ0n) is 10.0. The quantitative estimate of drug-likeness (QED) is 0.856. The van der Waals surface area contributed by atoms with E-state index in [0.717, 1.165) is 18.3 Å². The van der Waals surface area contributed by atoms with E-state index in [0.29, 0.717) is 0 Å². The predicted octanol–water partition coefficient (Wildman–Crippen LogP) is 2.65. The van der Waals surface area contributed by atoms with E-state index in [9.17, 15) is 0 Å². The lowest BCUT2D eigenvalue weighted by Gasteiger charge is -2.34. The van der Waals surface area contributed by atoms with Crippen LogP contribution >= 0.6 is 11.8 Å². The van der Waals surface area contributed by atoms with Crippen molar-refractivity contribution >= 4 is 17.4 Å². The number of para-hydroxylation sites is 1. The summed E-state index contributed by atoms with van der Waals surface area (Å²) in [6.45, 7) is 6.62. The monoisotopic (exact) mass is 236 g/mol. The van der Waals surface area contributed by atoms with Crippen molar-refractivity contribution in [3.05, 3.63) is 29.8 Å². The molecule has 1 aliphatic rings. The van der Waals surface area contributed by atoms with Gasteiger partial charge in [-0.2, -0.15) is 11.8 Å². The molecule has 0 aromatic heterocycles. The molecule has 2 atom stereocenters. The van der Waals surface area contributed by atoms with Crippen molar-refractivity contribution in [3.63, 3.8) is 0 Å². The van der Waals surface area contributed by atoms with Gasteiger partial charge in [0.05, 0.1) is 0 Å². The minimum absolute atomic E-state index is 0.112. The molecule has 1 aromatic rings. The fraction of sp³-hybridized carbons (Fsp3) is 0.538. The van der Waals surface area contributed by atoms with Crippen molar-refractivity contribution in [2.24, 2.45) is 5.73 Å². The summed E-state index contributed by atoms with van der Waals surface area (Å²) in [6, 6.07) is 8.63. The standard InChI is InChI=1S/C13H20N2S/c1-10-9-15(7-8-16-10)13-6-4-3-5-12(13)11(2)14/h3-6,10-11H,7-9,14H2,1-2H3. The molecule has 88 valence electrons. The van der Waals surface area contributed by atoms with Gasteiger partial charge in [-0.05, 0) is 18.6 Å². The summed E-state index contributed by atoms with van der Waals surface area (Å²) >= 11 is 2.06. The van der Waals surface area contributed by atoms with Gasteiger partial charge in [0.1, 0.15) is 0 Å². The molecule has 0 bridgehead atoms. The first-order chi connectivity index (χ1) is 7.68. The van der Waals surface area contributed by atoms with Crippen LogP contribution in [-0.2, 0) is 0 Å². The molecule has 1 aliphatic heterocycles. The van der Waals surface area contributed by atoms with Crippen LogP contribution in [0.4, 0.5) is 5.69 Å². The Hall–Kier alpha value is -0.670. The highest BCUT2D eigenvalue weighted by molar-refractivity contribution is 8.00. The van der Waals surface area contributed by atoms with Gasteiger partial charge in [-0.25, -0.2) is 0 Å². The van der Waals surface area contributed by atoms with Gasteiger partial charge in [-0.15, -0.1) is 0 Å². The van der Waals surface area contributed by atoms with Crippen molar-refractivity contribution in [1.29, 1.82) is 0 Å². The summed E-state index contributed by atoms with van der Waals surface area (Å²) in [5, 5.41) is 0.717. The van der Waals surface area contributed by atoms with Crippen LogP contribution in [0, 0.1) is 0 Å². The van der Waals surface area contributed by atoms with Crippen LogP contribution in [0.1, 0.15) is 25.5 Å². The van der Waals surface area contributed by atoms with Crippen molar-refractivity contribution in [1.82, 2.24) is 0 Å². The maximum atomic E-state index is 6.02. The lowest BCUT2D eigenvalue weighted by atomic mass is 10.1. The van der Waals surface area contributed by atoms with Gasteiger partial charge in [0.25, 0.3) is 0 Å². The summed E-state index contributed by atoms with van der Waals surface area (Å²) in [5.74, 6) is 1.22. The van der Waals surface area contributed by atoms with Crippen molar-refractivity contribution in [3.8, 4) is 0 Å². The molecule has 1 aromatic carbocycles. The third-order valence-corrected chi connectivity index (χ3v) is 4.15. The van der Waals surface area contributed by atoms with Crippen LogP contribution in [-0.4, -0.2) is 24.1 Å². The highest BCUT2D eigenvalue weighted by atomic mass is 32.2. The fourth-order valence-electron chi connectivity index (χ4n) is 2.20. The second-order valence-corrected chi connectivity index (χ2v) is 6.02. The Balaban J connectivity index is 2.25. The third kappa shape index (κ3) is 2.53. The molecule has 2 unspecified atom stereocenters. The van der Waals surface area contributed by atoms with E-state index < -0.39 is 0 Å². The van der Waals surface area contributed by atoms with Crippen LogP contribution in [0.3, 0.4) is 0 Å². The van der Waals surface area contributed by atoms with Crippen molar-refractivity contribution in [2.45, 2.75) is 25.1 Å². The molecule has 2 N–H and O–H groups in total. The largest absolute Gasteiger partial charge is 0.369 e. The molecule has 0 aliphatic carbocycles. The normalized spacial score (nSPS) is 23.2. The molecular formula is C13H20N2S. The van der Waals surface area contributed by atoms with E-state index in [-0.39, 0.29) is 6.04 Å². The van der Waals surface area contributed by atoms with Gasteiger partial charge in [0, 0.05) is 35.8 Å². The predicted molar refractivity (Wildman–Crippen MR) is 73.2 cm³/mol. The summed E-state index contributed by atoms with van der Waals surface area (Å²) in [5.41, 5.74) is 8.61. The van der Waals surface area contributed by atoms with Crippen LogP contribution in [0.15, 0.2) is 24.3 Å². The molecule has 0 amide bonds. The van der Waals surface area contributed by atoms with Crippen molar-refractivity contribution in [2.75, 3.05) is 23.7 Å². The smallest absolute Gasteiger partial charge is 0.0415 e. The first kappa shape index (κ1) is 11.8. The average molecular weight is 236 g/mol. The number of benzene rings is 1. The van der Waals surface area contributed by atoms with E-state index in [4.69, 9.17) is 5.73 Å². The maximum absolute atomic E-state index is 6.02.